The van der Waals surface area contributed by atoms with Gasteiger partial charge in [0.25, 0.3) is 22.9 Å². The summed E-state index contributed by atoms with van der Waals surface area (Å²) < 4.78 is 27.6. The van der Waals surface area contributed by atoms with Crippen molar-refractivity contribution < 1.29 is 13.4 Å². The summed E-state index contributed by atoms with van der Waals surface area (Å²) >= 11 is 0. The maximum absolute atomic E-state index is 14.0. The van der Waals surface area contributed by atoms with Crippen molar-refractivity contribution in [3.63, 3.8) is 0 Å². The number of hydrogen-bond donors (Lipinski definition) is 0. The first-order chi connectivity index (χ1) is 25.4. The van der Waals surface area contributed by atoms with E-state index in [0.29, 0.717) is 39.2 Å². The maximum atomic E-state index is 14.0. The van der Waals surface area contributed by atoms with E-state index in [1.165, 1.54) is 33.7 Å². The number of aryl methyl sites for hydroxylation is 1. The van der Waals surface area contributed by atoms with Crippen LogP contribution < -0.4 is 11.1 Å². The lowest BCUT2D eigenvalue weighted by atomic mass is 10.0. The highest BCUT2D eigenvalue weighted by atomic mass is 19.1. The number of hydrogen-bond acceptors (Lipinski definition) is 11. The fourth-order valence-corrected chi connectivity index (χ4v) is 5.68. The molecule has 0 atom stereocenters. The van der Waals surface area contributed by atoms with Gasteiger partial charge in [-0.2, -0.15) is 9.97 Å². The molecule has 0 N–H and O–H groups in total. The number of pyridine rings is 3. The molecule has 0 amide bonds. The monoisotopic (exact) mass is 691 g/mol. The molecule has 0 bridgehead atoms. The van der Waals surface area contributed by atoms with Crippen molar-refractivity contribution >= 4 is 0 Å². The molecule has 0 aliphatic rings. The third-order valence-electron chi connectivity index (χ3n) is 8.22. The molecule has 0 spiro atoms. The van der Waals surface area contributed by atoms with Crippen LogP contribution in [0, 0.1) is 12.7 Å². The Morgan fingerprint density at radius 3 is 2.08 bits per heavy atom. The van der Waals surface area contributed by atoms with Crippen molar-refractivity contribution in [3.8, 4) is 56.8 Å². The molecule has 0 saturated heterocycles. The van der Waals surface area contributed by atoms with Crippen LogP contribution in [0.3, 0.4) is 0 Å². The minimum atomic E-state index is -0.377. The molecular formula is C38H26FN9O4. The summed E-state index contributed by atoms with van der Waals surface area (Å²) in [6.07, 6.45) is 11.2. The van der Waals surface area contributed by atoms with E-state index in [2.05, 4.69) is 35.2 Å². The van der Waals surface area contributed by atoms with E-state index in [9.17, 15) is 14.0 Å². The Labute approximate surface area is 293 Å². The highest BCUT2D eigenvalue weighted by Crippen LogP contribution is 2.27. The van der Waals surface area contributed by atoms with Gasteiger partial charge in [0.05, 0.1) is 24.2 Å². The van der Waals surface area contributed by atoms with Gasteiger partial charge in [0.1, 0.15) is 12.1 Å². The second kappa shape index (κ2) is 13.6. The maximum Gasteiger partial charge on any atom is 0.259 e. The number of halogens is 1. The van der Waals surface area contributed by atoms with E-state index in [1.54, 1.807) is 67.5 Å². The first kappa shape index (κ1) is 32.0. The quantitative estimate of drug-likeness (QED) is 0.179. The normalized spacial score (nSPS) is 11.2. The minimum absolute atomic E-state index is 0.130. The molecule has 0 fully saturated rings. The van der Waals surface area contributed by atoms with E-state index in [4.69, 9.17) is 9.05 Å². The van der Waals surface area contributed by atoms with Gasteiger partial charge in [-0.3, -0.25) is 14.6 Å². The molecule has 2 aromatic carbocycles. The zero-order chi connectivity index (χ0) is 35.6. The van der Waals surface area contributed by atoms with Gasteiger partial charge in [-0.25, -0.2) is 14.4 Å². The molecule has 6 heterocycles. The summed E-state index contributed by atoms with van der Waals surface area (Å²) in [5.41, 5.74) is 5.12. The molecule has 8 rings (SSSR count). The number of rotatable bonds is 9. The van der Waals surface area contributed by atoms with Gasteiger partial charge in [-0.15, -0.1) is 0 Å². The van der Waals surface area contributed by atoms with Gasteiger partial charge >= 0.3 is 0 Å². The first-order valence-corrected chi connectivity index (χ1v) is 16.0. The van der Waals surface area contributed by atoms with Crippen molar-refractivity contribution in [1.29, 1.82) is 0 Å². The molecule has 8 aromatic rings. The molecule has 0 saturated carbocycles. The highest BCUT2D eigenvalue weighted by molar-refractivity contribution is 5.69. The number of nitrogens with zero attached hydrogens (tertiary/aromatic N) is 9. The van der Waals surface area contributed by atoms with Crippen molar-refractivity contribution in [2.75, 3.05) is 0 Å². The van der Waals surface area contributed by atoms with Gasteiger partial charge in [0.15, 0.2) is 0 Å². The Morgan fingerprint density at radius 1 is 0.635 bits per heavy atom. The molecule has 0 radical (unpaired) electrons. The second-order valence-electron chi connectivity index (χ2n) is 12.0. The molecule has 13 nitrogen and oxygen atoms in total. The van der Waals surface area contributed by atoms with Gasteiger partial charge in [0, 0.05) is 71.1 Å². The number of benzene rings is 2. The van der Waals surface area contributed by atoms with Gasteiger partial charge in [-0.1, -0.05) is 34.1 Å². The second-order valence-corrected chi connectivity index (χ2v) is 12.0. The zero-order valence-corrected chi connectivity index (χ0v) is 27.4. The van der Waals surface area contributed by atoms with Crippen LogP contribution in [0.5, 0.6) is 0 Å². The van der Waals surface area contributed by atoms with Crippen LogP contribution in [-0.4, -0.2) is 44.4 Å². The molecule has 14 heteroatoms. The molecule has 52 heavy (non-hydrogen) atoms. The summed E-state index contributed by atoms with van der Waals surface area (Å²) in [4.78, 5) is 48.6. The molecule has 0 unspecified atom stereocenters. The van der Waals surface area contributed by atoms with Crippen LogP contribution in [0.15, 0.2) is 135 Å². The van der Waals surface area contributed by atoms with Crippen LogP contribution in [-0.2, 0) is 13.1 Å². The smallest absolute Gasteiger partial charge is 0.259 e. The largest absolute Gasteiger partial charge is 0.334 e. The number of aromatic nitrogens is 9. The van der Waals surface area contributed by atoms with E-state index in [-0.39, 0.29) is 47.6 Å². The van der Waals surface area contributed by atoms with E-state index in [1.807, 2.05) is 31.2 Å². The van der Waals surface area contributed by atoms with Crippen LogP contribution in [0.1, 0.15) is 16.7 Å². The SMILES string of the molecule is Cc1cccc(-c2noc(-c3cc(-c4cncc(Cn5cc(-c6nc(-c7ccc(F)cc7)no6)ccc5=O)c4)c(=O)n(Cc4cncnc4)c3)n2)c1. The molecular weight excluding hydrogens is 665 g/mol. The van der Waals surface area contributed by atoms with Crippen molar-refractivity contribution in [3.05, 3.63) is 160 Å². The Bertz CT molecular complexity index is 2670. The third-order valence-corrected chi connectivity index (χ3v) is 8.22. The molecule has 0 aliphatic heterocycles. The lowest BCUT2D eigenvalue weighted by Crippen LogP contribution is -2.22. The van der Waals surface area contributed by atoms with Gasteiger partial charge in [-0.05, 0) is 61.0 Å². The molecule has 254 valence electrons. The third kappa shape index (κ3) is 6.67. The summed E-state index contributed by atoms with van der Waals surface area (Å²) in [5.74, 6) is 0.736. The Kier molecular flexibility index (Phi) is 8.37. The van der Waals surface area contributed by atoms with Crippen molar-refractivity contribution in [2.24, 2.45) is 0 Å². The van der Waals surface area contributed by atoms with Crippen molar-refractivity contribution in [1.82, 2.24) is 44.4 Å². The molecule has 0 aliphatic carbocycles. The molecule has 6 aromatic heterocycles. The van der Waals surface area contributed by atoms with Crippen LogP contribution in [0.2, 0.25) is 0 Å². The topological polar surface area (TPSA) is 161 Å². The Balaban J connectivity index is 1.13. The van der Waals surface area contributed by atoms with Crippen LogP contribution >= 0.6 is 0 Å². The average Bonchev–Trinajstić information content (AvgIpc) is 3.86. The Hall–Kier alpha value is -7.22. The fraction of sp³-hybridized carbons (Fsp3) is 0.0789. The summed E-state index contributed by atoms with van der Waals surface area (Å²) in [5, 5.41) is 8.20. The fourth-order valence-electron chi connectivity index (χ4n) is 5.68. The summed E-state index contributed by atoms with van der Waals surface area (Å²) in [7, 11) is 0. The minimum Gasteiger partial charge on any atom is -0.334 e. The Morgan fingerprint density at radius 2 is 1.31 bits per heavy atom. The highest BCUT2D eigenvalue weighted by Gasteiger charge is 2.18. The summed E-state index contributed by atoms with van der Waals surface area (Å²) in [6.45, 7) is 2.30. The first-order valence-electron chi connectivity index (χ1n) is 16.0. The predicted molar refractivity (Wildman–Crippen MR) is 187 cm³/mol. The van der Waals surface area contributed by atoms with Crippen LogP contribution in [0.4, 0.5) is 4.39 Å². The lowest BCUT2D eigenvalue weighted by Gasteiger charge is -2.12. The van der Waals surface area contributed by atoms with E-state index >= 15 is 0 Å². The van der Waals surface area contributed by atoms with Gasteiger partial charge in [0.2, 0.25) is 11.6 Å². The zero-order valence-electron chi connectivity index (χ0n) is 27.4. The van der Waals surface area contributed by atoms with Crippen molar-refractivity contribution in [2.45, 2.75) is 20.0 Å². The van der Waals surface area contributed by atoms with E-state index < -0.39 is 0 Å². The predicted octanol–water partition coefficient (Wildman–Crippen LogP) is 5.84. The van der Waals surface area contributed by atoms with Crippen LogP contribution in [0.25, 0.3) is 56.8 Å². The van der Waals surface area contributed by atoms with Gasteiger partial charge < -0.3 is 18.2 Å². The standard InChI is InChI=1S/C38H26FN9O4/c1-23-3-2-4-27(11-23)35-44-37(52-46-35)30-13-32(38(50)48(21-30)19-25-15-41-22-42-16-25)29-12-24(14-40-17-29)18-47-20-28(7-10-33(47)49)36-43-34(45-51-36)26-5-8-31(39)9-6-26/h2-17,20-22H,18-19H2,1H3. The summed E-state index contributed by atoms with van der Waals surface area (Å²) in [6, 6.07) is 20.0. The lowest BCUT2D eigenvalue weighted by molar-refractivity contribution is 0.431. The van der Waals surface area contributed by atoms with E-state index in [0.717, 1.165) is 16.7 Å². The average molecular weight is 692 g/mol.